The maximum atomic E-state index is 12.2. The fourth-order valence-corrected chi connectivity index (χ4v) is 2.98. The number of hydrogen-bond acceptors (Lipinski definition) is 4. The van der Waals surface area contributed by atoms with Crippen LogP contribution in [0.3, 0.4) is 0 Å². The summed E-state index contributed by atoms with van der Waals surface area (Å²) in [4.78, 5) is 27.0. The van der Waals surface area contributed by atoms with Gasteiger partial charge in [0.05, 0.1) is 4.47 Å². The molecule has 0 saturated heterocycles. The molecule has 0 atom stereocenters. The highest BCUT2D eigenvalue weighted by Crippen LogP contribution is 2.28. The van der Waals surface area contributed by atoms with Crippen LogP contribution in [0.1, 0.15) is 10.5 Å². The topological polar surface area (TPSA) is 80.4 Å². The number of amides is 1. The zero-order chi connectivity index (χ0) is 19.4. The quantitative estimate of drug-likeness (QED) is 0.561. The van der Waals surface area contributed by atoms with E-state index in [1.807, 2.05) is 24.3 Å². The zero-order valence-corrected chi connectivity index (χ0v) is 15.3. The van der Waals surface area contributed by atoms with Gasteiger partial charge in [0.15, 0.2) is 6.61 Å². The van der Waals surface area contributed by atoms with E-state index in [2.05, 4.69) is 31.0 Å². The number of carbonyl (C=O) groups excluding carboxylic acids is 2. The Bertz CT molecular complexity index is 973. The zero-order valence-electron chi connectivity index (χ0n) is 13.7. The molecule has 0 unspecified atom stereocenters. The van der Waals surface area contributed by atoms with Crippen LogP contribution < -0.4 is 10.1 Å². The molecule has 2 aromatic carbocycles. The van der Waals surface area contributed by atoms with Gasteiger partial charge in [0.2, 0.25) is 0 Å². The number of H-pyrrole nitrogens is 1. The first-order valence-electron chi connectivity index (χ1n) is 7.72. The van der Waals surface area contributed by atoms with Crippen molar-refractivity contribution < 1.29 is 27.8 Å². The van der Waals surface area contributed by atoms with Crippen molar-refractivity contribution in [3.63, 3.8) is 0 Å². The average molecular weight is 439 g/mol. The van der Waals surface area contributed by atoms with Gasteiger partial charge in [0.1, 0.15) is 11.4 Å². The Balaban J connectivity index is 1.56. The number of esters is 1. The van der Waals surface area contributed by atoms with Gasteiger partial charge < -0.3 is 19.8 Å². The number of para-hydroxylation sites is 1. The van der Waals surface area contributed by atoms with E-state index in [1.165, 1.54) is 24.3 Å². The third kappa shape index (κ3) is 4.62. The lowest BCUT2D eigenvalue weighted by molar-refractivity contribution is -0.119. The Morgan fingerprint density at radius 1 is 1.11 bits per heavy atom. The Labute approximate surface area is 160 Å². The predicted octanol–water partition coefficient (Wildman–Crippen LogP) is 4.33. The van der Waals surface area contributed by atoms with Crippen LogP contribution in [0.25, 0.3) is 10.9 Å². The van der Waals surface area contributed by atoms with E-state index in [0.717, 1.165) is 10.9 Å². The van der Waals surface area contributed by atoms with Gasteiger partial charge >= 0.3 is 12.6 Å². The first kappa shape index (κ1) is 18.8. The molecule has 0 spiro atoms. The van der Waals surface area contributed by atoms with Crippen molar-refractivity contribution in [1.82, 2.24) is 4.98 Å². The van der Waals surface area contributed by atoms with Crippen molar-refractivity contribution in [2.45, 2.75) is 6.61 Å². The van der Waals surface area contributed by atoms with Crippen LogP contribution in [0.15, 0.2) is 53.0 Å². The van der Waals surface area contributed by atoms with Crippen LogP contribution >= 0.6 is 15.9 Å². The Morgan fingerprint density at radius 3 is 2.48 bits per heavy atom. The third-order valence-electron chi connectivity index (χ3n) is 3.54. The number of anilines is 1. The molecule has 1 aromatic heterocycles. The molecule has 0 aliphatic carbocycles. The maximum Gasteiger partial charge on any atom is 0.387 e. The molecule has 2 N–H and O–H groups in total. The van der Waals surface area contributed by atoms with Crippen molar-refractivity contribution in [3.8, 4) is 5.75 Å². The van der Waals surface area contributed by atoms with Gasteiger partial charge in [-0.2, -0.15) is 8.78 Å². The summed E-state index contributed by atoms with van der Waals surface area (Å²) in [5.41, 5.74) is 1.31. The van der Waals surface area contributed by atoms with Crippen molar-refractivity contribution in [2.75, 3.05) is 11.9 Å². The molecular formula is C18H13BrF2N2O4. The van der Waals surface area contributed by atoms with E-state index in [9.17, 15) is 18.4 Å². The molecule has 1 heterocycles. The van der Waals surface area contributed by atoms with Crippen LogP contribution in [-0.4, -0.2) is 30.1 Å². The fourth-order valence-electron chi connectivity index (χ4n) is 2.37. The highest BCUT2D eigenvalue weighted by atomic mass is 79.9. The van der Waals surface area contributed by atoms with Crippen molar-refractivity contribution in [2.24, 2.45) is 0 Å². The number of aromatic nitrogens is 1. The van der Waals surface area contributed by atoms with E-state index >= 15 is 0 Å². The molecule has 0 aliphatic heterocycles. The van der Waals surface area contributed by atoms with E-state index < -0.39 is 25.1 Å². The van der Waals surface area contributed by atoms with Gasteiger partial charge in [0, 0.05) is 16.6 Å². The van der Waals surface area contributed by atoms with E-state index in [-0.39, 0.29) is 11.4 Å². The molecular weight excluding hydrogens is 426 g/mol. The van der Waals surface area contributed by atoms with Gasteiger partial charge in [-0.15, -0.1) is 0 Å². The number of alkyl halides is 2. The summed E-state index contributed by atoms with van der Waals surface area (Å²) in [6.45, 7) is -3.43. The first-order chi connectivity index (χ1) is 12.9. The van der Waals surface area contributed by atoms with Gasteiger partial charge in [-0.3, -0.25) is 4.79 Å². The van der Waals surface area contributed by atoms with Crippen LogP contribution in [0.2, 0.25) is 0 Å². The molecule has 3 aromatic rings. The smallest absolute Gasteiger partial charge is 0.387 e. The van der Waals surface area contributed by atoms with Crippen molar-refractivity contribution in [3.05, 3.63) is 58.7 Å². The summed E-state index contributed by atoms with van der Waals surface area (Å²) >= 11 is 3.34. The lowest BCUT2D eigenvalue weighted by Gasteiger charge is -2.08. The molecule has 3 rings (SSSR count). The number of carbonyl (C=O) groups is 2. The Morgan fingerprint density at radius 2 is 1.81 bits per heavy atom. The predicted molar refractivity (Wildman–Crippen MR) is 98.0 cm³/mol. The second kappa shape index (κ2) is 8.17. The summed E-state index contributed by atoms with van der Waals surface area (Å²) < 4.78 is 34.0. The molecule has 0 fully saturated rings. The van der Waals surface area contributed by atoms with Crippen LogP contribution in [0, 0.1) is 0 Å². The number of nitrogens with one attached hydrogen (secondary N) is 2. The van der Waals surface area contributed by atoms with E-state index in [4.69, 9.17) is 4.74 Å². The number of benzene rings is 2. The van der Waals surface area contributed by atoms with Crippen molar-refractivity contribution in [1.29, 1.82) is 0 Å². The highest BCUT2D eigenvalue weighted by molar-refractivity contribution is 9.10. The Hall–Kier alpha value is -2.94. The molecule has 1 amide bonds. The molecule has 6 nitrogen and oxygen atoms in total. The Kier molecular flexibility index (Phi) is 5.70. The lowest BCUT2D eigenvalue weighted by Crippen LogP contribution is -2.21. The number of halogens is 3. The minimum Gasteiger partial charge on any atom is -0.451 e. The molecule has 140 valence electrons. The van der Waals surface area contributed by atoms with Gasteiger partial charge in [-0.05, 0) is 46.3 Å². The molecule has 0 radical (unpaired) electrons. The molecule has 9 heteroatoms. The molecule has 0 aliphatic rings. The number of ether oxygens (including phenoxy) is 2. The molecule has 0 saturated carbocycles. The standard InChI is InChI=1S/C18H13BrF2N2O4/c19-15-12-3-1-2-4-13(12)23-16(15)17(25)26-9-14(24)22-10-5-7-11(8-6-10)27-18(20)21/h1-8,18,23H,9H2,(H,22,24). The average Bonchev–Trinajstić information content (AvgIpc) is 2.98. The van der Waals surface area contributed by atoms with Gasteiger partial charge in [0.25, 0.3) is 5.91 Å². The number of aromatic amines is 1. The minimum atomic E-state index is -2.92. The maximum absolute atomic E-state index is 12.2. The minimum absolute atomic E-state index is 0.0295. The van der Waals surface area contributed by atoms with Crippen molar-refractivity contribution >= 4 is 44.4 Å². The third-order valence-corrected chi connectivity index (χ3v) is 4.37. The fraction of sp³-hybridized carbons (Fsp3) is 0.111. The second-order valence-electron chi connectivity index (χ2n) is 5.39. The summed E-state index contributed by atoms with van der Waals surface area (Å²) in [5.74, 6) is -1.29. The summed E-state index contributed by atoms with van der Waals surface area (Å²) in [7, 11) is 0. The highest BCUT2D eigenvalue weighted by Gasteiger charge is 2.18. The monoisotopic (exact) mass is 438 g/mol. The van der Waals surface area contributed by atoms with Gasteiger partial charge in [-0.25, -0.2) is 4.79 Å². The number of fused-ring (bicyclic) bond motifs is 1. The molecule has 27 heavy (non-hydrogen) atoms. The second-order valence-corrected chi connectivity index (χ2v) is 6.18. The summed E-state index contributed by atoms with van der Waals surface area (Å²) in [5, 5.41) is 3.31. The van der Waals surface area contributed by atoms with E-state index in [1.54, 1.807) is 0 Å². The first-order valence-corrected chi connectivity index (χ1v) is 8.51. The molecule has 0 bridgehead atoms. The summed E-state index contributed by atoms with van der Waals surface area (Å²) in [6, 6.07) is 12.7. The normalized spacial score (nSPS) is 10.8. The van der Waals surface area contributed by atoms with Crippen LogP contribution in [-0.2, 0) is 9.53 Å². The van der Waals surface area contributed by atoms with Gasteiger partial charge in [-0.1, -0.05) is 18.2 Å². The van der Waals surface area contributed by atoms with E-state index in [0.29, 0.717) is 10.2 Å². The number of hydrogen-bond donors (Lipinski definition) is 2. The lowest BCUT2D eigenvalue weighted by atomic mass is 10.2. The number of rotatable bonds is 6. The summed E-state index contributed by atoms with van der Waals surface area (Å²) in [6.07, 6.45) is 0. The van der Waals surface area contributed by atoms with Crippen LogP contribution in [0.4, 0.5) is 14.5 Å². The largest absolute Gasteiger partial charge is 0.451 e. The SMILES string of the molecule is O=C(COC(=O)c1[nH]c2ccccc2c1Br)Nc1ccc(OC(F)F)cc1. The van der Waals surface area contributed by atoms with Crippen LogP contribution in [0.5, 0.6) is 5.75 Å².